The highest BCUT2D eigenvalue weighted by atomic mass is 32.2. The number of aromatic nitrogens is 4. The van der Waals surface area contributed by atoms with E-state index in [4.69, 9.17) is 5.73 Å². The Bertz CT molecular complexity index is 1140. The molecule has 150 valence electrons. The van der Waals surface area contributed by atoms with E-state index in [0.717, 1.165) is 6.26 Å². The lowest BCUT2D eigenvalue weighted by Gasteiger charge is -2.24. The van der Waals surface area contributed by atoms with Gasteiger partial charge in [0.1, 0.15) is 17.5 Å². The standard InChI is InChI=1S/C18H23FN6O2S/c1-18(2,24-28(4,26)27)9-8-13-21-15(20)14-17(22-13)25(3)16(23-14)11-6-5-7-12(19)10-11/h5-7,10,24H,8-9H2,1-4H3,(H2,20,21,22). The molecule has 0 saturated heterocycles. The molecule has 0 unspecified atom stereocenters. The van der Waals surface area contributed by atoms with E-state index in [1.807, 2.05) is 0 Å². The smallest absolute Gasteiger partial charge is 0.209 e. The van der Waals surface area contributed by atoms with Crippen molar-refractivity contribution in [3.8, 4) is 11.4 Å². The Hall–Kier alpha value is -2.59. The second kappa shape index (κ2) is 7.10. The summed E-state index contributed by atoms with van der Waals surface area (Å²) in [6.45, 7) is 3.59. The van der Waals surface area contributed by atoms with Crippen LogP contribution in [0.1, 0.15) is 26.1 Å². The number of nitrogens with zero attached hydrogens (tertiary/aromatic N) is 4. The van der Waals surface area contributed by atoms with E-state index in [-0.39, 0.29) is 11.6 Å². The normalized spacial score (nSPS) is 12.6. The van der Waals surface area contributed by atoms with Gasteiger partial charge in [-0.3, -0.25) is 0 Å². The molecule has 3 aromatic rings. The number of hydrogen-bond donors (Lipinski definition) is 2. The zero-order valence-electron chi connectivity index (χ0n) is 16.2. The number of rotatable bonds is 6. The number of imidazole rings is 1. The van der Waals surface area contributed by atoms with Crippen molar-refractivity contribution in [2.75, 3.05) is 12.0 Å². The van der Waals surface area contributed by atoms with Crippen molar-refractivity contribution in [3.05, 3.63) is 35.9 Å². The molecule has 0 amide bonds. The van der Waals surface area contributed by atoms with Gasteiger partial charge in [0.2, 0.25) is 10.0 Å². The Balaban J connectivity index is 1.94. The van der Waals surface area contributed by atoms with Crippen LogP contribution in [0.2, 0.25) is 0 Å². The van der Waals surface area contributed by atoms with Crippen LogP contribution in [-0.4, -0.2) is 39.7 Å². The molecule has 0 fully saturated rings. The van der Waals surface area contributed by atoms with Gasteiger partial charge in [0, 0.05) is 24.6 Å². The minimum absolute atomic E-state index is 0.229. The van der Waals surface area contributed by atoms with Gasteiger partial charge < -0.3 is 10.3 Å². The average Bonchev–Trinajstić information content (AvgIpc) is 2.89. The minimum atomic E-state index is -3.33. The van der Waals surface area contributed by atoms with E-state index >= 15 is 0 Å². The number of hydrogen-bond acceptors (Lipinski definition) is 6. The molecule has 3 rings (SSSR count). The van der Waals surface area contributed by atoms with E-state index in [1.54, 1.807) is 37.6 Å². The molecule has 1 aromatic carbocycles. The summed E-state index contributed by atoms with van der Waals surface area (Å²) in [5, 5.41) is 0. The second-order valence-electron chi connectivity index (χ2n) is 7.46. The van der Waals surface area contributed by atoms with Crippen molar-refractivity contribution < 1.29 is 12.8 Å². The van der Waals surface area contributed by atoms with Crippen LogP contribution >= 0.6 is 0 Å². The first-order valence-corrected chi connectivity index (χ1v) is 10.6. The van der Waals surface area contributed by atoms with E-state index in [2.05, 4.69) is 19.7 Å². The van der Waals surface area contributed by atoms with Crippen molar-refractivity contribution in [1.82, 2.24) is 24.2 Å². The maximum atomic E-state index is 13.6. The number of anilines is 1. The zero-order chi connectivity index (χ0) is 20.7. The molecule has 3 N–H and O–H groups in total. The summed E-state index contributed by atoms with van der Waals surface area (Å²) in [4.78, 5) is 13.3. The first-order valence-electron chi connectivity index (χ1n) is 8.69. The monoisotopic (exact) mass is 406 g/mol. The second-order valence-corrected chi connectivity index (χ2v) is 9.21. The summed E-state index contributed by atoms with van der Waals surface area (Å²) in [5.74, 6) is 0.894. The van der Waals surface area contributed by atoms with Gasteiger partial charge in [0.25, 0.3) is 0 Å². The largest absolute Gasteiger partial charge is 0.382 e. The Morgan fingerprint density at radius 3 is 2.61 bits per heavy atom. The molecule has 2 heterocycles. The molecule has 0 aliphatic carbocycles. The first kappa shape index (κ1) is 20.2. The van der Waals surface area contributed by atoms with Crippen LogP contribution in [0.4, 0.5) is 10.2 Å². The molecule has 0 radical (unpaired) electrons. The quantitative estimate of drug-likeness (QED) is 0.647. The molecule has 0 spiro atoms. The van der Waals surface area contributed by atoms with Crippen LogP contribution in [0.5, 0.6) is 0 Å². The molecule has 0 aliphatic rings. The highest BCUT2D eigenvalue weighted by Crippen LogP contribution is 2.26. The van der Waals surface area contributed by atoms with Gasteiger partial charge in [0.05, 0.1) is 6.26 Å². The number of halogens is 1. The Morgan fingerprint density at radius 1 is 1.25 bits per heavy atom. The predicted molar refractivity (Wildman–Crippen MR) is 106 cm³/mol. The molecule has 2 aromatic heterocycles. The average molecular weight is 406 g/mol. The van der Waals surface area contributed by atoms with Gasteiger partial charge in [-0.25, -0.2) is 32.5 Å². The van der Waals surface area contributed by atoms with E-state index in [0.29, 0.717) is 41.2 Å². The third-order valence-electron chi connectivity index (χ3n) is 4.31. The highest BCUT2D eigenvalue weighted by molar-refractivity contribution is 7.88. The van der Waals surface area contributed by atoms with E-state index in [1.165, 1.54) is 12.1 Å². The number of sulfonamides is 1. The predicted octanol–water partition coefficient (Wildman–Crippen LogP) is 2.01. The van der Waals surface area contributed by atoms with Crippen molar-refractivity contribution in [3.63, 3.8) is 0 Å². The topological polar surface area (TPSA) is 116 Å². The third-order valence-corrected chi connectivity index (χ3v) is 5.23. The summed E-state index contributed by atoms with van der Waals surface area (Å²) in [5.41, 5.74) is 7.02. The van der Waals surface area contributed by atoms with Crippen LogP contribution in [0.25, 0.3) is 22.6 Å². The summed E-state index contributed by atoms with van der Waals surface area (Å²) < 4.78 is 40.9. The van der Waals surface area contributed by atoms with Crippen molar-refractivity contribution in [2.24, 2.45) is 7.05 Å². The molecule has 28 heavy (non-hydrogen) atoms. The van der Waals surface area contributed by atoms with Crippen LogP contribution in [0.3, 0.4) is 0 Å². The molecule has 0 saturated carbocycles. The fraction of sp³-hybridized carbons (Fsp3) is 0.389. The Morgan fingerprint density at radius 2 is 1.96 bits per heavy atom. The molecule has 10 heteroatoms. The van der Waals surface area contributed by atoms with Crippen molar-refractivity contribution >= 4 is 27.0 Å². The Labute approximate surface area is 163 Å². The fourth-order valence-corrected chi connectivity index (χ4v) is 4.21. The van der Waals surface area contributed by atoms with Gasteiger partial charge in [-0.05, 0) is 32.4 Å². The van der Waals surface area contributed by atoms with Gasteiger partial charge in [0.15, 0.2) is 17.0 Å². The van der Waals surface area contributed by atoms with Crippen LogP contribution in [-0.2, 0) is 23.5 Å². The molecule has 0 aliphatic heterocycles. The molecular weight excluding hydrogens is 383 g/mol. The third kappa shape index (κ3) is 4.45. The van der Waals surface area contributed by atoms with Crippen LogP contribution in [0.15, 0.2) is 24.3 Å². The van der Waals surface area contributed by atoms with Crippen molar-refractivity contribution in [1.29, 1.82) is 0 Å². The maximum absolute atomic E-state index is 13.6. The summed E-state index contributed by atoms with van der Waals surface area (Å²) >= 11 is 0. The van der Waals surface area contributed by atoms with Gasteiger partial charge in [-0.15, -0.1) is 0 Å². The Kier molecular flexibility index (Phi) is 5.11. The number of nitrogens with two attached hydrogens (primary N) is 1. The number of benzene rings is 1. The maximum Gasteiger partial charge on any atom is 0.209 e. The number of aryl methyl sites for hydroxylation is 2. The van der Waals surface area contributed by atoms with Gasteiger partial charge in [-0.1, -0.05) is 12.1 Å². The first-order chi connectivity index (χ1) is 13.0. The lowest BCUT2D eigenvalue weighted by Crippen LogP contribution is -2.43. The van der Waals surface area contributed by atoms with E-state index < -0.39 is 15.6 Å². The van der Waals surface area contributed by atoms with Crippen LogP contribution in [0, 0.1) is 5.82 Å². The molecular formula is C18H23FN6O2S. The molecule has 8 nitrogen and oxygen atoms in total. The molecule has 0 atom stereocenters. The lowest BCUT2D eigenvalue weighted by molar-refractivity contribution is 0.420. The van der Waals surface area contributed by atoms with Crippen LogP contribution < -0.4 is 10.5 Å². The number of nitrogens with one attached hydrogen (secondary N) is 1. The summed E-state index contributed by atoms with van der Waals surface area (Å²) in [6, 6.07) is 6.13. The van der Waals surface area contributed by atoms with Gasteiger partial charge in [-0.2, -0.15) is 0 Å². The summed E-state index contributed by atoms with van der Waals surface area (Å²) in [6.07, 6.45) is 2.04. The number of fused-ring (bicyclic) bond motifs is 1. The van der Waals surface area contributed by atoms with Gasteiger partial charge >= 0.3 is 0 Å². The number of nitrogen functional groups attached to an aromatic ring is 1. The van der Waals surface area contributed by atoms with Crippen molar-refractivity contribution in [2.45, 2.75) is 32.2 Å². The minimum Gasteiger partial charge on any atom is -0.382 e. The van der Waals surface area contributed by atoms with E-state index in [9.17, 15) is 12.8 Å². The summed E-state index contributed by atoms with van der Waals surface area (Å²) in [7, 11) is -1.55. The zero-order valence-corrected chi connectivity index (χ0v) is 17.0. The fourth-order valence-electron chi connectivity index (χ4n) is 3.10. The highest BCUT2D eigenvalue weighted by Gasteiger charge is 2.23. The molecule has 0 bridgehead atoms. The SMILES string of the molecule is Cn1c(-c2cccc(F)c2)nc2c(N)nc(CCC(C)(C)NS(C)(=O)=O)nc21. The lowest BCUT2D eigenvalue weighted by atomic mass is 10.00.